The molecule has 2 atom stereocenters. The first-order chi connectivity index (χ1) is 10.7. The highest BCUT2D eigenvalue weighted by atomic mass is 32.2. The third kappa shape index (κ3) is 2.86. The van der Waals surface area contributed by atoms with Crippen LogP contribution in [0, 0.1) is 0 Å². The number of allylic oxidation sites excluding steroid dienone is 2. The van der Waals surface area contributed by atoms with Crippen molar-refractivity contribution < 1.29 is 4.21 Å². The summed E-state index contributed by atoms with van der Waals surface area (Å²) in [7, 11) is 2.89. The Kier molecular flexibility index (Phi) is 4.44. The minimum atomic E-state index is -1.10. The van der Waals surface area contributed by atoms with E-state index in [1.54, 1.807) is 0 Å². The smallest absolute Gasteiger partial charge is 0.0832 e. The summed E-state index contributed by atoms with van der Waals surface area (Å²) in [5, 5.41) is 0. The molecular formula is C19H21NOS. The first-order valence-electron chi connectivity index (χ1n) is 7.61. The van der Waals surface area contributed by atoms with Gasteiger partial charge in [0.1, 0.15) is 0 Å². The number of hydrogen-bond donors (Lipinski definition) is 0. The zero-order valence-electron chi connectivity index (χ0n) is 13.0. The van der Waals surface area contributed by atoms with Crippen molar-refractivity contribution in [1.29, 1.82) is 0 Å². The average molecular weight is 311 g/mol. The van der Waals surface area contributed by atoms with Crippen molar-refractivity contribution in [2.45, 2.75) is 23.7 Å². The highest BCUT2D eigenvalue weighted by Crippen LogP contribution is 2.40. The maximum atomic E-state index is 13.2. The van der Waals surface area contributed by atoms with Gasteiger partial charge in [-0.05, 0) is 30.5 Å². The van der Waals surface area contributed by atoms with E-state index in [0.717, 1.165) is 28.3 Å². The standard InChI is InChI=1S/C19H21NOS/c1-20(2)17-12-6-7-13-19(17)22(21)18-14-8-11-16(18)15-9-4-3-5-10-15/h3-7,9-10,12-14,16H,8,11H2,1-2H3/t16-,22?/m0/s1. The SMILES string of the molecule is CN(C)c1ccccc1S(=O)C1=CCC[C@H]1c1ccccc1. The number of nitrogens with zero attached hydrogens (tertiary/aromatic N) is 1. The first kappa shape index (κ1) is 15.0. The first-order valence-corrected chi connectivity index (χ1v) is 8.76. The van der Waals surface area contributed by atoms with Gasteiger partial charge in [0.25, 0.3) is 0 Å². The van der Waals surface area contributed by atoms with Crippen molar-refractivity contribution in [3.05, 3.63) is 71.1 Å². The average Bonchev–Trinajstić information content (AvgIpc) is 3.04. The molecule has 0 aromatic heterocycles. The number of para-hydroxylation sites is 1. The zero-order chi connectivity index (χ0) is 15.5. The molecule has 0 aliphatic heterocycles. The number of benzene rings is 2. The van der Waals surface area contributed by atoms with Crippen molar-refractivity contribution >= 4 is 16.5 Å². The fraction of sp³-hybridized carbons (Fsp3) is 0.263. The van der Waals surface area contributed by atoms with E-state index in [4.69, 9.17) is 0 Å². The van der Waals surface area contributed by atoms with E-state index in [9.17, 15) is 4.21 Å². The van der Waals surface area contributed by atoms with Gasteiger partial charge in [-0.1, -0.05) is 48.5 Å². The van der Waals surface area contributed by atoms with E-state index < -0.39 is 10.8 Å². The Balaban J connectivity index is 1.96. The summed E-state index contributed by atoms with van der Waals surface area (Å²) in [5.41, 5.74) is 2.29. The molecule has 2 aromatic rings. The molecule has 0 spiro atoms. The van der Waals surface area contributed by atoms with Crippen LogP contribution < -0.4 is 4.90 Å². The Morgan fingerprint density at radius 2 is 1.68 bits per heavy atom. The Morgan fingerprint density at radius 3 is 2.41 bits per heavy atom. The molecule has 0 amide bonds. The van der Waals surface area contributed by atoms with Crippen LogP contribution in [0.2, 0.25) is 0 Å². The third-order valence-electron chi connectivity index (χ3n) is 4.11. The van der Waals surface area contributed by atoms with Crippen LogP contribution in [0.1, 0.15) is 24.3 Å². The molecule has 3 heteroatoms. The van der Waals surface area contributed by atoms with Gasteiger partial charge in [-0.3, -0.25) is 0 Å². The molecule has 0 saturated carbocycles. The predicted octanol–water partition coefficient (Wildman–Crippen LogP) is 4.32. The van der Waals surface area contributed by atoms with Crippen molar-refractivity contribution in [2.75, 3.05) is 19.0 Å². The molecule has 0 radical (unpaired) electrons. The molecule has 2 nitrogen and oxygen atoms in total. The molecule has 2 aromatic carbocycles. The summed E-state index contributed by atoms with van der Waals surface area (Å²) in [6.45, 7) is 0. The van der Waals surface area contributed by atoms with Crippen LogP contribution in [0.4, 0.5) is 5.69 Å². The van der Waals surface area contributed by atoms with E-state index in [2.05, 4.69) is 30.3 Å². The molecule has 0 heterocycles. The van der Waals surface area contributed by atoms with Gasteiger partial charge in [-0.2, -0.15) is 0 Å². The zero-order valence-corrected chi connectivity index (χ0v) is 13.8. The van der Waals surface area contributed by atoms with E-state index >= 15 is 0 Å². The van der Waals surface area contributed by atoms with Gasteiger partial charge in [0, 0.05) is 24.9 Å². The van der Waals surface area contributed by atoms with Gasteiger partial charge in [-0.25, -0.2) is 4.21 Å². The summed E-state index contributed by atoms with van der Waals surface area (Å²) < 4.78 is 13.2. The summed E-state index contributed by atoms with van der Waals surface area (Å²) in [4.78, 5) is 3.99. The van der Waals surface area contributed by atoms with Crippen molar-refractivity contribution in [3.8, 4) is 0 Å². The van der Waals surface area contributed by atoms with Crippen LogP contribution in [-0.4, -0.2) is 18.3 Å². The van der Waals surface area contributed by atoms with E-state index in [1.165, 1.54) is 5.56 Å². The summed E-state index contributed by atoms with van der Waals surface area (Å²) in [6.07, 6.45) is 4.22. The molecule has 3 rings (SSSR count). The fourth-order valence-electron chi connectivity index (χ4n) is 3.01. The molecule has 0 bridgehead atoms. The lowest BCUT2D eigenvalue weighted by Crippen LogP contribution is -2.13. The molecule has 1 unspecified atom stereocenters. The van der Waals surface area contributed by atoms with Gasteiger partial charge >= 0.3 is 0 Å². The van der Waals surface area contributed by atoms with Crippen molar-refractivity contribution in [3.63, 3.8) is 0 Å². The molecule has 0 saturated heterocycles. The topological polar surface area (TPSA) is 20.3 Å². The van der Waals surface area contributed by atoms with Gasteiger partial charge < -0.3 is 4.90 Å². The Morgan fingerprint density at radius 1 is 1.00 bits per heavy atom. The lowest BCUT2D eigenvalue weighted by Gasteiger charge is -2.20. The van der Waals surface area contributed by atoms with E-state index in [0.29, 0.717) is 0 Å². The van der Waals surface area contributed by atoms with E-state index in [-0.39, 0.29) is 5.92 Å². The summed E-state index contributed by atoms with van der Waals surface area (Å²) in [6, 6.07) is 18.4. The van der Waals surface area contributed by atoms with Gasteiger partial charge in [0.05, 0.1) is 21.4 Å². The van der Waals surface area contributed by atoms with Crippen molar-refractivity contribution in [2.24, 2.45) is 0 Å². The highest BCUT2D eigenvalue weighted by Gasteiger charge is 2.27. The molecule has 1 aliphatic rings. The minimum absolute atomic E-state index is 0.275. The Labute approximate surface area is 134 Å². The van der Waals surface area contributed by atoms with Crippen LogP contribution >= 0.6 is 0 Å². The number of anilines is 1. The van der Waals surface area contributed by atoms with Crippen molar-refractivity contribution in [1.82, 2.24) is 0 Å². The van der Waals surface area contributed by atoms with Gasteiger partial charge in [0.2, 0.25) is 0 Å². The molecule has 114 valence electrons. The van der Waals surface area contributed by atoms with E-state index in [1.807, 2.05) is 49.3 Å². The van der Waals surface area contributed by atoms with Crippen LogP contribution in [0.5, 0.6) is 0 Å². The van der Waals surface area contributed by atoms with Crippen LogP contribution in [0.3, 0.4) is 0 Å². The molecule has 0 fully saturated rings. The normalized spacial score (nSPS) is 18.8. The van der Waals surface area contributed by atoms with Crippen LogP contribution in [-0.2, 0) is 10.8 Å². The van der Waals surface area contributed by atoms with Crippen LogP contribution in [0.15, 0.2) is 70.5 Å². The number of hydrogen-bond acceptors (Lipinski definition) is 2. The predicted molar refractivity (Wildman–Crippen MR) is 93.7 cm³/mol. The monoisotopic (exact) mass is 311 g/mol. The fourth-order valence-corrected chi connectivity index (χ4v) is 4.69. The molecule has 0 N–H and O–H groups in total. The lowest BCUT2D eigenvalue weighted by molar-refractivity contribution is 0.682. The second kappa shape index (κ2) is 6.49. The van der Waals surface area contributed by atoms with Gasteiger partial charge in [0.15, 0.2) is 0 Å². The Hall–Kier alpha value is -1.87. The second-order valence-electron chi connectivity index (χ2n) is 5.78. The van der Waals surface area contributed by atoms with Crippen LogP contribution in [0.25, 0.3) is 0 Å². The summed E-state index contributed by atoms with van der Waals surface area (Å²) in [5.74, 6) is 0.275. The molecule has 1 aliphatic carbocycles. The quantitative estimate of drug-likeness (QED) is 0.838. The minimum Gasteiger partial charge on any atom is -0.377 e. The molecule has 22 heavy (non-hydrogen) atoms. The maximum absolute atomic E-state index is 13.2. The maximum Gasteiger partial charge on any atom is 0.0832 e. The Bertz CT molecular complexity index is 706. The largest absolute Gasteiger partial charge is 0.377 e. The van der Waals surface area contributed by atoms with Gasteiger partial charge in [-0.15, -0.1) is 0 Å². The molecular weight excluding hydrogens is 290 g/mol. The lowest BCUT2D eigenvalue weighted by atomic mass is 9.99. The second-order valence-corrected chi connectivity index (χ2v) is 7.23. The summed E-state index contributed by atoms with van der Waals surface area (Å²) >= 11 is 0. The third-order valence-corrected chi connectivity index (χ3v) is 5.73. The number of rotatable bonds is 4. The highest BCUT2D eigenvalue weighted by molar-refractivity contribution is 7.89.